The van der Waals surface area contributed by atoms with E-state index in [0.717, 1.165) is 11.8 Å². The molecule has 0 aliphatic rings. The van der Waals surface area contributed by atoms with Gasteiger partial charge in [-0.15, -0.1) is 0 Å². The first-order chi connectivity index (χ1) is 5.84. The van der Waals surface area contributed by atoms with Crippen molar-refractivity contribution >= 4 is 15.9 Å². The Bertz CT molecular complexity index is 309. The van der Waals surface area contributed by atoms with Crippen LogP contribution < -0.4 is 0 Å². The summed E-state index contributed by atoms with van der Waals surface area (Å²) in [5.41, 5.74) is 0.693. The van der Waals surface area contributed by atoms with Crippen LogP contribution in [0.25, 0.3) is 0 Å². The molecule has 0 bridgehead atoms. The Balaban J connectivity index is 2.77. The summed E-state index contributed by atoms with van der Waals surface area (Å²) < 4.78 is 0. The maximum atomic E-state index is 9.30. The Labute approximate surface area is 80.6 Å². The van der Waals surface area contributed by atoms with Crippen molar-refractivity contribution in [2.75, 3.05) is 5.33 Å². The molecule has 0 aliphatic carbocycles. The van der Waals surface area contributed by atoms with E-state index < -0.39 is 0 Å². The normalized spacial score (nSPS) is 8.75. The van der Waals surface area contributed by atoms with Gasteiger partial charge >= 0.3 is 0 Å². The lowest BCUT2D eigenvalue weighted by atomic mass is 10.2. The lowest BCUT2D eigenvalue weighted by Crippen LogP contribution is -1.75. The average Bonchev–Trinajstić information content (AvgIpc) is 2.09. The number of alkyl halides is 1. The highest BCUT2D eigenvalue weighted by Crippen LogP contribution is 2.13. The lowest BCUT2D eigenvalue weighted by molar-refractivity contribution is 0.473. The van der Waals surface area contributed by atoms with Crippen LogP contribution in [0.4, 0.5) is 0 Å². The largest absolute Gasteiger partial charge is 0.507 e. The molecule has 0 spiro atoms. The van der Waals surface area contributed by atoms with Crippen LogP contribution in [-0.4, -0.2) is 10.4 Å². The van der Waals surface area contributed by atoms with E-state index in [1.165, 1.54) is 0 Å². The Morgan fingerprint density at radius 3 is 2.75 bits per heavy atom. The van der Waals surface area contributed by atoms with Gasteiger partial charge in [0.1, 0.15) is 5.75 Å². The van der Waals surface area contributed by atoms with Gasteiger partial charge in [0, 0.05) is 11.8 Å². The molecule has 1 N–H and O–H groups in total. The molecule has 0 saturated carbocycles. The number of phenols is 1. The van der Waals surface area contributed by atoms with E-state index in [-0.39, 0.29) is 5.75 Å². The molecule has 0 aliphatic heterocycles. The molecule has 1 nitrogen and oxygen atoms in total. The highest BCUT2D eigenvalue weighted by atomic mass is 79.9. The van der Waals surface area contributed by atoms with Crippen molar-refractivity contribution in [3.8, 4) is 17.6 Å². The second kappa shape index (κ2) is 4.84. The molecule has 2 heteroatoms. The molecular weight excluding hydrogens is 216 g/mol. The number of benzene rings is 1. The van der Waals surface area contributed by atoms with E-state index in [1.807, 2.05) is 6.07 Å². The number of para-hydroxylation sites is 1. The zero-order chi connectivity index (χ0) is 8.81. The summed E-state index contributed by atoms with van der Waals surface area (Å²) in [7, 11) is 0. The fourth-order valence-corrected chi connectivity index (χ4v) is 0.983. The van der Waals surface area contributed by atoms with E-state index >= 15 is 0 Å². The number of halogens is 1. The monoisotopic (exact) mass is 224 g/mol. The Kier molecular flexibility index (Phi) is 3.69. The van der Waals surface area contributed by atoms with Gasteiger partial charge in [-0.3, -0.25) is 0 Å². The number of phenolic OH excluding ortho intramolecular Hbond substituents is 1. The summed E-state index contributed by atoms with van der Waals surface area (Å²) >= 11 is 3.28. The van der Waals surface area contributed by atoms with Gasteiger partial charge in [0.05, 0.1) is 5.56 Å². The predicted octanol–water partition coefficient (Wildman–Crippen LogP) is 2.53. The first kappa shape index (κ1) is 9.15. The summed E-state index contributed by atoms with van der Waals surface area (Å²) in [6.45, 7) is 0. The van der Waals surface area contributed by atoms with Crippen molar-refractivity contribution in [1.29, 1.82) is 0 Å². The predicted molar refractivity (Wildman–Crippen MR) is 53.4 cm³/mol. The molecule has 0 fully saturated rings. The third-order valence-electron chi connectivity index (χ3n) is 1.35. The third kappa shape index (κ3) is 2.60. The Morgan fingerprint density at radius 1 is 1.33 bits per heavy atom. The van der Waals surface area contributed by atoms with Gasteiger partial charge in [-0.05, 0) is 12.1 Å². The lowest BCUT2D eigenvalue weighted by Gasteiger charge is -1.92. The van der Waals surface area contributed by atoms with E-state index in [2.05, 4.69) is 27.8 Å². The van der Waals surface area contributed by atoms with Crippen LogP contribution in [-0.2, 0) is 0 Å². The fraction of sp³-hybridized carbons (Fsp3) is 0.200. The van der Waals surface area contributed by atoms with Crippen molar-refractivity contribution in [3.05, 3.63) is 29.8 Å². The highest BCUT2D eigenvalue weighted by Gasteiger charge is 1.92. The van der Waals surface area contributed by atoms with Gasteiger partial charge in [-0.1, -0.05) is 39.9 Å². The molecule has 0 saturated heterocycles. The molecule has 0 radical (unpaired) electrons. The summed E-state index contributed by atoms with van der Waals surface area (Å²) in [5, 5.41) is 10.2. The maximum Gasteiger partial charge on any atom is 0.131 e. The topological polar surface area (TPSA) is 20.2 Å². The molecule has 1 aromatic carbocycles. The molecule has 1 aromatic rings. The van der Waals surface area contributed by atoms with Crippen LogP contribution in [0.15, 0.2) is 24.3 Å². The zero-order valence-electron chi connectivity index (χ0n) is 6.55. The van der Waals surface area contributed by atoms with Gasteiger partial charge in [-0.25, -0.2) is 0 Å². The molecule has 0 atom stereocenters. The van der Waals surface area contributed by atoms with Crippen LogP contribution in [0.2, 0.25) is 0 Å². The first-order valence-corrected chi connectivity index (χ1v) is 4.79. The number of hydrogen-bond acceptors (Lipinski definition) is 1. The van der Waals surface area contributed by atoms with Gasteiger partial charge < -0.3 is 5.11 Å². The number of aromatic hydroxyl groups is 1. The van der Waals surface area contributed by atoms with E-state index in [1.54, 1.807) is 18.2 Å². The van der Waals surface area contributed by atoms with Crippen LogP contribution in [0.5, 0.6) is 5.75 Å². The minimum absolute atomic E-state index is 0.250. The van der Waals surface area contributed by atoms with Crippen molar-refractivity contribution in [2.45, 2.75) is 6.42 Å². The molecule has 12 heavy (non-hydrogen) atoms. The van der Waals surface area contributed by atoms with Crippen LogP contribution >= 0.6 is 15.9 Å². The van der Waals surface area contributed by atoms with Crippen LogP contribution in [0.1, 0.15) is 12.0 Å². The van der Waals surface area contributed by atoms with Crippen molar-refractivity contribution in [2.24, 2.45) is 0 Å². The van der Waals surface area contributed by atoms with Crippen molar-refractivity contribution in [1.82, 2.24) is 0 Å². The van der Waals surface area contributed by atoms with Crippen LogP contribution in [0, 0.1) is 11.8 Å². The van der Waals surface area contributed by atoms with Gasteiger partial charge in [0.2, 0.25) is 0 Å². The second-order valence-corrected chi connectivity index (χ2v) is 3.05. The molecule has 1 rings (SSSR count). The molecule has 0 aromatic heterocycles. The summed E-state index contributed by atoms with van der Waals surface area (Å²) in [5.74, 6) is 6.07. The fourth-order valence-electron chi connectivity index (χ4n) is 0.784. The first-order valence-electron chi connectivity index (χ1n) is 3.67. The number of rotatable bonds is 1. The van der Waals surface area contributed by atoms with E-state index in [0.29, 0.717) is 5.56 Å². The van der Waals surface area contributed by atoms with Gasteiger partial charge in [0.15, 0.2) is 0 Å². The van der Waals surface area contributed by atoms with Gasteiger partial charge in [-0.2, -0.15) is 0 Å². The summed E-state index contributed by atoms with van der Waals surface area (Å²) in [4.78, 5) is 0. The minimum Gasteiger partial charge on any atom is -0.507 e. The summed E-state index contributed by atoms with van der Waals surface area (Å²) in [6, 6.07) is 7.08. The van der Waals surface area contributed by atoms with Crippen molar-refractivity contribution in [3.63, 3.8) is 0 Å². The third-order valence-corrected chi connectivity index (χ3v) is 1.74. The highest BCUT2D eigenvalue weighted by molar-refractivity contribution is 9.09. The molecule has 62 valence electrons. The molecule has 0 amide bonds. The van der Waals surface area contributed by atoms with Crippen molar-refractivity contribution < 1.29 is 5.11 Å². The SMILES string of the molecule is Oc1ccccc1C#CCCBr. The smallest absolute Gasteiger partial charge is 0.131 e. The molecular formula is C10H9BrO. The van der Waals surface area contributed by atoms with E-state index in [9.17, 15) is 5.11 Å². The molecule has 0 unspecified atom stereocenters. The summed E-state index contributed by atoms with van der Waals surface area (Å²) in [6.07, 6.45) is 0.800. The Morgan fingerprint density at radius 2 is 2.08 bits per heavy atom. The zero-order valence-corrected chi connectivity index (χ0v) is 8.13. The average molecular weight is 225 g/mol. The second-order valence-electron chi connectivity index (χ2n) is 2.26. The van der Waals surface area contributed by atoms with Gasteiger partial charge in [0.25, 0.3) is 0 Å². The maximum absolute atomic E-state index is 9.30. The van der Waals surface area contributed by atoms with E-state index in [4.69, 9.17) is 0 Å². The molecule has 0 heterocycles. The standard InChI is InChI=1S/C10H9BrO/c11-8-4-3-6-9-5-1-2-7-10(9)12/h1-2,5,7,12H,4,8H2. The van der Waals surface area contributed by atoms with Crippen LogP contribution in [0.3, 0.4) is 0 Å². The minimum atomic E-state index is 0.250. The quantitative estimate of drug-likeness (QED) is 0.575. The number of hydrogen-bond donors (Lipinski definition) is 1. The Hall–Kier alpha value is -0.940.